The fourth-order valence-corrected chi connectivity index (χ4v) is 5.35. The van der Waals surface area contributed by atoms with Gasteiger partial charge in [-0.3, -0.25) is 4.90 Å². The highest BCUT2D eigenvalue weighted by molar-refractivity contribution is 5.03. The summed E-state index contributed by atoms with van der Waals surface area (Å²) in [5.41, 5.74) is 0.392. The molecule has 0 N–H and O–H groups in total. The van der Waals surface area contributed by atoms with Crippen LogP contribution in [0.25, 0.3) is 0 Å². The molecule has 3 aliphatic rings. The second-order valence-corrected chi connectivity index (χ2v) is 8.82. The summed E-state index contributed by atoms with van der Waals surface area (Å²) >= 11 is 0. The van der Waals surface area contributed by atoms with Gasteiger partial charge in [0.05, 0.1) is 12.0 Å². The first kappa shape index (κ1) is 15.3. The number of hydrogen-bond donors (Lipinski definition) is 0. The number of hydrogen-bond acceptors (Lipinski definition) is 2. The predicted molar refractivity (Wildman–Crippen MR) is 86.8 cm³/mol. The molecule has 3 fully saturated rings. The summed E-state index contributed by atoms with van der Waals surface area (Å²) in [6.07, 6.45) is 10.7. The van der Waals surface area contributed by atoms with Gasteiger partial charge in [-0.15, -0.1) is 0 Å². The number of fused-ring (bicyclic) bond motifs is 1. The summed E-state index contributed by atoms with van der Waals surface area (Å²) in [5.74, 6) is 2.00. The van der Waals surface area contributed by atoms with Gasteiger partial charge in [-0.05, 0) is 68.7 Å². The maximum atomic E-state index is 9.64. The summed E-state index contributed by atoms with van der Waals surface area (Å²) in [7, 11) is 0. The Hall–Kier alpha value is -0.550. The molecule has 0 aromatic carbocycles. The Morgan fingerprint density at radius 2 is 1.71 bits per heavy atom. The maximum absolute atomic E-state index is 9.64. The van der Waals surface area contributed by atoms with Crippen molar-refractivity contribution < 1.29 is 0 Å². The van der Waals surface area contributed by atoms with Gasteiger partial charge in [0.15, 0.2) is 0 Å². The van der Waals surface area contributed by atoms with Crippen LogP contribution in [-0.4, -0.2) is 23.5 Å². The molecule has 0 amide bonds. The largest absolute Gasteiger partial charge is 0.296 e. The molecule has 2 aliphatic carbocycles. The smallest absolute Gasteiger partial charge is 0.0672 e. The second-order valence-electron chi connectivity index (χ2n) is 8.82. The van der Waals surface area contributed by atoms with Gasteiger partial charge in [0.2, 0.25) is 0 Å². The molecule has 0 bridgehead atoms. The molecule has 118 valence electrons. The van der Waals surface area contributed by atoms with E-state index in [0.717, 1.165) is 24.3 Å². The zero-order valence-electron chi connectivity index (χ0n) is 14.1. The van der Waals surface area contributed by atoms with Crippen LogP contribution in [0.1, 0.15) is 72.1 Å². The van der Waals surface area contributed by atoms with Crippen LogP contribution in [0.15, 0.2) is 0 Å². The number of nitriles is 1. The van der Waals surface area contributed by atoms with Gasteiger partial charge in [-0.1, -0.05) is 27.2 Å². The van der Waals surface area contributed by atoms with Crippen LogP contribution in [-0.2, 0) is 0 Å². The van der Waals surface area contributed by atoms with Gasteiger partial charge in [0.1, 0.15) is 0 Å². The highest BCUT2D eigenvalue weighted by atomic mass is 15.2. The van der Waals surface area contributed by atoms with E-state index < -0.39 is 0 Å². The summed E-state index contributed by atoms with van der Waals surface area (Å²) in [6, 6.07) is 4.01. The third kappa shape index (κ3) is 3.00. The van der Waals surface area contributed by atoms with Crippen molar-refractivity contribution in [1.29, 1.82) is 5.26 Å². The van der Waals surface area contributed by atoms with Crippen LogP contribution in [0.4, 0.5) is 0 Å². The van der Waals surface area contributed by atoms with E-state index >= 15 is 0 Å². The van der Waals surface area contributed by atoms with E-state index in [1.165, 1.54) is 51.5 Å². The average Bonchev–Trinajstić information content (AvgIpc) is 2.94. The molecule has 2 nitrogen and oxygen atoms in total. The van der Waals surface area contributed by atoms with Crippen molar-refractivity contribution in [2.75, 3.05) is 6.54 Å². The van der Waals surface area contributed by atoms with Crippen molar-refractivity contribution in [3.8, 4) is 6.07 Å². The van der Waals surface area contributed by atoms with Crippen molar-refractivity contribution >= 4 is 0 Å². The van der Waals surface area contributed by atoms with Crippen LogP contribution < -0.4 is 0 Å². The molecule has 1 saturated heterocycles. The number of rotatable bonds is 1. The van der Waals surface area contributed by atoms with Gasteiger partial charge >= 0.3 is 0 Å². The summed E-state index contributed by atoms with van der Waals surface area (Å²) < 4.78 is 0. The Balaban J connectivity index is 1.78. The quantitative estimate of drug-likeness (QED) is 0.704. The molecule has 1 heterocycles. The zero-order chi connectivity index (χ0) is 15.0. The van der Waals surface area contributed by atoms with E-state index in [2.05, 4.69) is 31.7 Å². The first-order chi connectivity index (χ1) is 10.0. The van der Waals surface area contributed by atoms with Gasteiger partial charge in [-0.25, -0.2) is 0 Å². The lowest BCUT2D eigenvalue weighted by Gasteiger charge is -2.49. The Morgan fingerprint density at radius 1 is 0.952 bits per heavy atom. The zero-order valence-corrected chi connectivity index (χ0v) is 14.1. The Bertz CT molecular complexity index is 403. The maximum Gasteiger partial charge on any atom is 0.0672 e. The Labute approximate surface area is 130 Å². The molecule has 2 saturated carbocycles. The highest BCUT2D eigenvalue weighted by Gasteiger charge is 2.44. The molecule has 21 heavy (non-hydrogen) atoms. The fourth-order valence-electron chi connectivity index (χ4n) is 5.35. The van der Waals surface area contributed by atoms with Crippen LogP contribution in [0.5, 0.6) is 0 Å². The van der Waals surface area contributed by atoms with Crippen molar-refractivity contribution in [2.24, 2.45) is 23.2 Å². The van der Waals surface area contributed by atoms with Gasteiger partial charge < -0.3 is 0 Å². The van der Waals surface area contributed by atoms with Gasteiger partial charge in [0.25, 0.3) is 0 Å². The number of piperidine rings is 1. The Kier molecular flexibility index (Phi) is 4.33. The van der Waals surface area contributed by atoms with Crippen LogP contribution in [0, 0.1) is 34.5 Å². The third-order valence-electron chi connectivity index (χ3n) is 6.67. The minimum absolute atomic E-state index is 0.281. The van der Waals surface area contributed by atoms with E-state index in [-0.39, 0.29) is 5.92 Å². The van der Waals surface area contributed by atoms with Crippen LogP contribution in [0.2, 0.25) is 0 Å². The molecule has 5 atom stereocenters. The molecule has 1 aliphatic heterocycles. The van der Waals surface area contributed by atoms with E-state index in [1.54, 1.807) is 0 Å². The SMILES string of the molecule is CC(C)(C)C1CCC(C#N)C(N2CCCC3CCCC32)C1. The average molecular weight is 288 g/mol. The molecule has 2 heteroatoms. The second kappa shape index (κ2) is 5.92. The molecule has 0 aromatic heterocycles. The van der Waals surface area contributed by atoms with E-state index in [0.29, 0.717) is 11.5 Å². The lowest BCUT2D eigenvalue weighted by atomic mass is 9.67. The normalized spacial score (nSPS) is 41.5. The molecule has 3 rings (SSSR count). The third-order valence-corrected chi connectivity index (χ3v) is 6.67. The summed E-state index contributed by atoms with van der Waals surface area (Å²) in [4.78, 5) is 2.80. The first-order valence-electron chi connectivity index (χ1n) is 9.16. The monoisotopic (exact) mass is 288 g/mol. The number of likely N-dealkylation sites (tertiary alicyclic amines) is 1. The van der Waals surface area contributed by atoms with Crippen molar-refractivity contribution in [1.82, 2.24) is 4.90 Å². The molecule has 5 unspecified atom stereocenters. The lowest BCUT2D eigenvalue weighted by Crippen LogP contribution is -2.53. The van der Waals surface area contributed by atoms with Crippen LogP contribution in [0.3, 0.4) is 0 Å². The summed E-state index contributed by atoms with van der Waals surface area (Å²) in [5, 5.41) is 9.64. The number of nitrogens with zero attached hydrogens (tertiary/aromatic N) is 2. The fraction of sp³-hybridized carbons (Fsp3) is 0.947. The van der Waals surface area contributed by atoms with Crippen molar-refractivity contribution in [3.05, 3.63) is 0 Å². The first-order valence-corrected chi connectivity index (χ1v) is 9.16. The molecule has 0 spiro atoms. The van der Waals surface area contributed by atoms with Crippen molar-refractivity contribution in [2.45, 2.75) is 84.2 Å². The molecule has 0 aromatic rings. The molecule has 0 radical (unpaired) electrons. The highest BCUT2D eigenvalue weighted by Crippen LogP contribution is 2.45. The van der Waals surface area contributed by atoms with Gasteiger partial charge in [-0.2, -0.15) is 5.26 Å². The summed E-state index contributed by atoms with van der Waals surface area (Å²) in [6.45, 7) is 8.41. The standard InChI is InChI=1S/C19H32N2/c1-19(2,3)16-10-9-15(13-20)18(12-16)21-11-5-7-14-6-4-8-17(14)21/h14-18H,4-12H2,1-3H3. The molecular formula is C19H32N2. The van der Waals surface area contributed by atoms with Crippen molar-refractivity contribution in [3.63, 3.8) is 0 Å². The Morgan fingerprint density at radius 3 is 2.43 bits per heavy atom. The van der Waals surface area contributed by atoms with Crippen LogP contribution >= 0.6 is 0 Å². The predicted octanol–water partition coefficient (Wildman–Crippen LogP) is 4.61. The van der Waals surface area contributed by atoms with E-state index in [4.69, 9.17) is 0 Å². The molecular weight excluding hydrogens is 256 g/mol. The van der Waals surface area contributed by atoms with Gasteiger partial charge in [0, 0.05) is 12.1 Å². The topological polar surface area (TPSA) is 27.0 Å². The van der Waals surface area contributed by atoms with E-state index in [9.17, 15) is 5.26 Å². The lowest BCUT2D eigenvalue weighted by molar-refractivity contribution is 0.00311. The van der Waals surface area contributed by atoms with E-state index in [1.807, 2.05) is 0 Å². The minimum Gasteiger partial charge on any atom is -0.296 e. The minimum atomic E-state index is 0.281.